The van der Waals surface area contributed by atoms with Gasteiger partial charge in [0.25, 0.3) is 0 Å². The highest BCUT2D eigenvalue weighted by atomic mass is 16.6. The van der Waals surface area contributed by atoms with E-state index in [0.717, 1.165) is 0 Å². The van der Waals surface area contributed by atoms with Crippen molar-refractivity contribution in [3.63, 3.8) is 0 Å². The fourth-order valence-electron chi connectivity index (χ4n) is 0.907. The Labute approximate surface area is 108 Å². The van der Waals surface area contributed by atoms with E-state index in [1.54, 1.807) is 13.8 Å². The largest absolute Gasteiger partial charge is 0.462 e. The van der Waals surface area contributed by atoms with Gasteiger partial charge >= 0.3 is 11.9 Å². The van der Waals surface area contributed by atoms with Gasteiger partial charge in [0.05, 0.1) is 5.41 Å². The molecule has 0 rings (SSSR count). The first-order chi connectivity index (χ1) is 8.22. The third-order valence-corrected chi connectivity index (χ3v) is 2.96. The van der Waals surface area contributed by atoms with Crippen molar-refractivity contribution < 1.29 is 23.9 Å². The molecule has 1 unspecified atom stereocenters. The molecular weight excluding hydrogens is 236 g/mol. The van der Waals surface area contributed by atoms with Crippen molar-refractivity contribution in [2.75, 3.05) is 13.2 Å². The molecule has 0 fully saturated rings. The molecule has 0 aliphatic rings. The number of hydrogen-bond acceptors (Lipinski definition) is 5. The fourth-order valence-corrected chi connectivity index (χ4v) is 0.907. The van der Waals surface area contributed by atoms with Crippen LogP contribution in [0, 0.1) is 11.3 Å². The Balaban J connectivity index is 3.91. The highest BCUT2D eigenvalue weighted by Crippen LogP contribution is 2.21. The minimum Gasteiger partial charge on any atom is -0.462 e. The van der Waals surface area contributed by atoms with Gasteiger partial charge in [-0.05, 0) is 34.1 Å². The fraction of sp³-hybridized carbons (Fsp3) is 0.769. The summed E-state index contributed by atoms with van der Waals surface area (Å²) in [7, 11) is 0. The van der Waals surface area contributed by atoms with Crippen LogP contribution in [0.15, 0.2) is 0 Å². The van der Waals surface area contributed by atoms with Gasteiger partial charge in [-0.1, -0.05) is 6.92 Å². The molecule has 5 nitrogen and oxygen atoms in total. The lowest BCUT2D eigenvalue weighted by Gasteiger charge is -2.20. The zero-order valence-corrected chi connectivity index (χ0v) is 11.7. The summed E-state index contributed by atoms with van der Waals surface area (Å²) in [4.78, 5) is 33.8. The highest BCUT2D eigenvalue weighted by Gasteiger charge is 2.27. The maximum atomic E-state index is 11.6. The SMILES string of the molecule is CCC(C)(C)C(=O)OCCOC(=O)C(C)C(C)=O. The van der Waals surface area contributed by atoms with Gasteiger partial charge in [-0.25, -0.2) is 0 Å². The van der Waals surface area contributed by atoms with E-state index in [4.69, 9.17) is 9.47 Å². The van der Waals surface area contributed by atoms with Gasteiger partial charge in [0.15, 0.2) is 0 Å². The molecule has 0 radical (unpaired) electrons. The highest BCUT2D eigenvalue weighted by molar-refractivity contribution is 5.97. The molecule has 0 aromatic heterocycles. The lowest BCUT2D eigenvalue weighted by atomic mass is 9.91. The molecule has 18 heavy (non-hydrogen) atoms. The smallest absolute Gasteiger partial charge is 0.316 e. The molecule has 0 N–H and O–H groups in total. The number of rotatable bonds is 7. The minimum absolute atomic E-state index is 0.0125. The Morgan fingerprint density at radius 2 is 1.61 bits per heavy atom. The summed E-state index contributed by atoms with van der Waals surface area (Å²) in [5.41, 5.74) is -0.531. The van der Waals surface area contributed by atoms with Crippen LogP contribution in [0.5, 0.6) is 0 Å². The van der Waals surface area contributed by atoms with E-state index in [1.807, 2.05) is 6.92 Å². The third kappa shape index (κ3) is 5.29. The topological polar surface area (TPSA) is 69.7 Å². The zero-order chi connectivity index (χ0) is 14.3. The van der Waals surface area contributed by atoms with Crippen molar-refractivity contribution in [1.29, 1.82) is 0 Å². The second-order valence-corrected chi connectivity index (χ2v) is 4.87. The Kier molecular flexibility index (Phi) is 6.58. The van der Waals surface area contributed by atoms with E-state index in [-0.39, 0.29) is 25.0 Å². The second-order valence-electron chi connectivity index (χ2n) is 4.87. The van der Waals surface area contributed by atoms with Crippen LogP contribution in [0.3, 0.4) is 0 Å². The van der Waals surface area contributed by atoms with Gasteiger partial charge < -0.3 is 9.47 Å². The summed E-state index contributed by atoms with van der Waals surface area (Å²) >= 11 is 0. The first kappa shape index (κ1) is 16.6. The summed E-state index contributed by atoms with van der Waals surface area (Å²) in [5, 5.41) is 0. The second kappa shape index (κ2) is 7.13. The Morgan fingerprint density at radius 3 is 2.06 bits per heavy atom. The molecule has 0 amide bonds. The molecule has 0 heterocycles. The van der Waals surface area contributed by atoms with Crippen LogP contribution < -0.4 is 0 Å². The van der Waals surface area contributed by atoms with Gasteiger partial charge in [-0.15, -0.1) is 0 Å². The van der Waals surface area contributed by atoms with Gasteiger partial charge in [0.1, 0.15) is 24.9 Å². The van der Waals surface area contributed by atoms with Crippen molar-refractivity contribution in [3.8, 4) is 0 Å². The number of Topliss-reactive ketones (excluding diaryl/α,β-unsaturated/α-hetero) is 1. The zero-order valence-electron chi connectivity index (χ0n) is 11.7. The first-order valence-corrected chi connectivity index (χ1v) is 6.06. The maximum absolute atomic E-state index is 11.6. The molecule has 0 saturated carbocycles. The van der Waals surface area contributed by atoms with Crippen LogP contribution >= 0.6 is 0 Å². The molecule has 104 valence electrons. The molecular formula is C13H22O5. The van der Waals surface area contributed by atoms with Gasteiger partial charge in [-0.2, -0.15) is 0 Å². The van der Waals surface area contributed by atoms with Crippen LogP contribution in [0.4, 0.5) is 0 Å². The Morgan fingerprint density at radius 1 is 1.11 bits per heavy atom. The van der Waals surface area contributed by atoms with E-state index < -0.39 is 17.3 Å². The van der Waals surface area contributed by atoms with Crippen molar-refractivity contribution in [3.05, 3.63) is 0 Å². The molecule has 0 bridgehead atoms. The van der Waals surface area contributed by atoms with Crippen LogP contribution in [-0.2, 0) is 23.9 Å². The van der Waals surface area contributed by atoms with Crippen LogP contribution in [0.2, 0.25) is 0 Å². The number of ketones is 1. The molecule has 0 aromatic carbocycles. The summed E-state index contributed by atoms with van der Waals surface area (Å²) < 4.78 is 9.81. The van der Waals surface area contributed by atoms with E-state index in [1.165, 1.54) is 13.8 Å². The lowest BCUT2D eigenvalue weighted by molar-refractivity contribution is -0.161. The van der Waals surface area contributed by atoms with Crippen molar-refractivity contribution in [2.45, 2.75) is 41.0 Å². The van der Waals surface area contributed by atoms with E-state index >= 15 is 0 Å². The van der Waals surface area contributed by atoms with Crippen molar-refractivity contribution in [1.82, 2.24) is 0 Å². The monoisotopic (exact) mass is 258 g/mol. The van der Waals surface area contributed by atoms with Gasteiger partial charge in [0.2, 0.25) is 0 Å². The van der Waals surface area contributed by atoms with E-state index in [0.29, 0.717) is 6.42 Å². The van der Waals surface area contributed by atoms with Crippen LogP contribution in [0.1, 0.15) is 41.0 Å². The number of hydrogen-bond donors (Lipinski definition) is 0. The minimum atomic E-state index is -0.771. The lowest BCUT2D eigenvalue weighted by Crippen LogP contribution is -2.28. The van der Waals surface area contributed by atoms with E-state index in [9.17, 15) is 14.4 Å². The van der Waals surface area contributed by atoms with Crippen LogP contribution in [0.25, 0.3) is 0 Å². The molecule has 0 aromatic rings. The molecule has 0 saturated heterocycles. The van der Waals surface area contributed by atoms with Crippen molar-refractivity contribution in [2.24, 2.45) is 11.3 Å². The predicted molar refractivity (Wildman–Crippen MR) is 65.8 cm³/mol. The predicted octanol–water partition coefficient (Wildman–Crippen LogP) is 1.73. The molecule has 0 aliphatic heterocycles. The quantitative estimate of drug-likeness (QED) is 0.395. The normalized spacial score (nSPS) is 12.7. The average Bonchev–Trinajstić information content (AvgIpc) is 2.32. The molecule has 0 aliphatic carbocycles. The first-order valence-electron chi connectivity index (χ1n) is 6.06. The number of carbonyl (C=O) groups excluding carboxylic acids is 3. The summed E-state index contributed by atoms with van der Waals surface area (Å²) in [6, 6.07) is 0. The average molecular weight is 258 g/mol. The maximum Gasteiger partial charge on any atom is 0.316 e. The molecule has 5 heteroatoms. The molecule has 1 atom stereocenters. The van der Waals surface area contributed by atoms with E-state index in [2.05, 4.69) is 0 Å². The Bertz CT molecular complexity index is 319. The molecule has 0 spiro atoms. The van der Waals surface area contributed by atoms with Gasteiger partial charge in [0, 0.05) is 0 Å². The summed E-state index contributed by atoms with van der Waals surface area (Å²) in [6.07, 6.45) is 0.674. The number of ether oxygens (including phenoxy) is 2. The van der Waals surface area contributed by atoms with Gasteiger partial charge in [-0.3, -0.25) is 14.4 Å². The standard InChI is InChI=1S/C13H22O5/c1-6-13(4,5)12(16)18-8-7-17-11(15)9(2)10(3)14/h9H,6-8H2,1-5H3. The number of esters is 2. The van der Waals surface area contributed by atoms with Crippen molar-refractivity contribution >= 4 is 17.7 Å². The van der Waals surface area contributed by atoms with Crippen LogP contribution in [-0.4, -0.2) is 30.9 Å². The third-order valence-electron chi connectivity index (χ3n) is 2.96. The summed E-state index contributed by atoms with van der Waals surface area (Å²) in [5.74, 6) is -1.93. The Hall–Kier alpha value is -1.39. The number of carbonyl (C=O) groups is 3. The summed E-state index contributed by atoms with van der Waals surface area (Å²) in [6.45, 7) is 8.28.